The first-order chi connectivity index (χ1) is 9.87. The van der Waals surface area contributed by atoms with E-state index in [-0.39, 0.29) is 0 Å². The predicted molar refractivity (Wildman–Crippen MR) is 89.9 cm³/mol. The van der Waals surface area contributed by atoms with Gasteiger partial charge in [-0.1, -0.05) is 60.1 Å². The first-order valence-corrected chi connectivity index (χ1v) is 7.75. The summed E-state index contributed by atoms with van der Waals surface area (Å²) >= 11 is 3.53. The van der Waals surface area contributed by atoms with E-state index in [1.807, 2.05) is 63.2 Å². The van der Waals surface area contributed by atoms with E-state index >= 15 is 0 Å². The predicted octanol–water partition coefficient (Wildman–Crippen LogP) is 4.78. The Labute approximate surface area is 134 Å². The summed E-state index contributed by atoms with van der Waals surface area (Å²) in [6.45, 7) is 6.09. The van der Waals surface area contributed by atoms with Crippen molar-refractivity contribution >= 4 is 15.9 Å². The summed E-state index contributed by atoms with van der Waals surface area (Å²) in [5.41, 5.74) is 2.56. The molecule has 21 heavy (non-hydrogen) atoms. The van der Waals surface area contributed by atoms with Crippen molar-refractivity contribution in [1.82, 2.24) is 0 Å². The minimum Gasteiger partial charge on any atom is -0.496 e. The van der Waals surface area contributed by atoms with Gasteiger partial charge in [0.15, 0.2) is 0 Å². The van der Waals surface area contributed by atoms with Gasteiger partial charge in [-0.2, -0.15) is 0 Å². The maximum absolute atomic E-state index is 10.9. The van der Waals surface area contributed by atoms with Crippen LogP contribution in [0.4, 0.5) is 0 Å². The smallest absolute Gasteiger partial charge is 0.125 e. The molecule has 0 aliphatic heterocycles. The summed E-state index contributed by atoms with van der Waals surface area (Å²) < 4.78 is 6.43. The normalized spacial score (nSPS) is 13.0. The summed E-state index contributed by atoms with van der Waals surface area (Å²) in [5.74, 6) is 0.715. The van der Waals surface area contributed by atoms with Gasteiger partial charge in [0.05, 0.1) is 13.2 Å². The van der Waals surface area contributed by atoms with Crippen LogP contribution in [0.2, 0.25) is 0 Å². The zero-order valence-electron chi connectivity index (χ0n) is 12.9. The van der Waals surface area contributed by atoms with Crippen molar-refractivity contribution in [3.8, 4) is 5.75 Å². The van der Waals surface area contributed by atoms with Crippen LogP contribution in [0.25, 0.3) is 0 Å². The molecule has 0 amide bonds. The van der Waals surface area contributed by atoms with Crippen molar-refractivity contribution in [2.45, 2.75) is 32.3 Å². The molecule has 3 heteroatoms. The molecule has 0 saturated heterocycles. The number of halogens is 1. The van der Waals surface area contributed by atoms with E-state index in [1.54, 1.807) is 7.11 Å². The number of aliphatic hydroxyl groups is 1. The molecule has 0 saturated carbocycles. The molecule has 112 valence electrons. The molecule has 0 radical (unpaired) electrons. The Morgan fingerprint density at radius 1 is 1.14 bits per heavy atom. The van der Waals surface area contributed by atoms with E-state index in [4.69, 9.17) is 4.74 Å². The highest BCUT2D eigenvalue weighted by atomic mass is 79.9. The largest absolute Gasteiger partial charge is 0.496 e. The highest BCUT2D eigenvalue weighted by Crippen LogP contribution is 2.41. The molecule has 2 rings (SSSR count). The number of hydrogen-bond donors (Lipinski definition) is 1. The van der Waals surface area contributed by atoms with Crippen molar-refractivity contribution in [2.75, 3.05) is 7.11 Å². The van der Waals surface area contributed by atoms with Crippen molar-refractivity contribution in [3.63, 3.8) is 0 Å². The lowest BCUT2D eigenvalue weighted by molar-refractivity contribution is 0.0974. The van der Waals surface area contributed by atoms with Gasteiger partial charge in [0.25, 0.3) is 0 Å². The van der Waals surface area contributed by atoms with Crippen molar-refractivity contribution in [2.24, 2.45) is 0 Å². The number of benzene rings is 2. The third kappa shape index (κ3) is 3.14. The van der Waals surface area contributed by atoms with E-state index in [1.165, 1.54) is 0 Å². The van der Waals surface area contributed by atoms with E-state index in [0.717, 1.165) is 21.2 Å². The second-order valence-corrected chi connectivity index (χ2v) is 6.69. The maximum Gasteiger partial charge on any atom is 0.125 e. The topological polar surface area (TPSA) is 29.5 Å². The molecule has 0 fully saturated rings. The Morgan fingerprint density at radius 2 is 1.76 bits per heavy atom. The molecule has 0 bridgehead atoms. The fourth-order valence-corrected chi connectivity index (χ4v) is 2.84. The lowest BCUT2D eigenvalue weighted by Crippen LogP contribution is -2.27. The summed E-state index contributed by atoms with van der Waals surface area (Å²) in [6, 6.07) is 13.9. The molecule has 1 N–H and O–H groups in total. The van der Waals surface area contributed by atoms with Gasteiger partial charge < -0.3 is 9.84 Å². The zero-order valence-corrected chi connectivity index (χ0v) is 14.4. The molecular formula is C18H21BrO2. The van der Waals surface area contributed by atoms with Crippen LogP contribution < -0.4 is 4.74 Å². The van der Waals surface area contributed by atoms with Gasteiger partial charge in [-0.15, -0.1) is 0 Å². The number of rotatable bonds is 4. The molecule has 0 spiro atoms. The first kappa shape index (κ1) is 16.1. The van der Waals surface area contributed by atoms with E-state index in [0.29, 0.717) is 5.75 Å². The van der Waals surface area contributed by atoms with E-state index in [9.17, 15) is 5.11 Å². The minimum atomic E-state index is -0.660. The van der Waals surface area contributed by atoms with Gasteiger partial charge >= 0.3 is 0 Å². The molecule has 0 aromatic heterocycles. The van der Waals surface area contributed by atoms with Gasteiger partial charge in [0.1, 0.15) is 5.75 Å². The van der Waals surface area contributed by atoms with Gasteiger partial charge in [0.2, 0.25) is 0 Å². The number of aliphatic hydroxyl groups excluding tert-OH is 1. The molecule has 1 unspecified atom stereocenters. The van der Waals surface area contributed by atoms with Crippen molar-refractivity contribution in [1.29, 1.82) is 0 Å². The summed E-state index contributed by atoms with van der Waals surface area (Å²) in [5, 5.41) is 10.9. The number of hydrogen-bond acceptors (Lipinski definition) is 2. The Morgan fingerprint density at radius 3 is 2.33 bits per heavy atom. The van der Waals surface area contributed by atoms with Crippen LogP contribution in [0, 0.1) is 6.92 Å². The summed E-state index contributed by atoms with van der Waals surface area (Å²) in [7, 11) is 1.63. The fraction of sp³-hybridized carbons (Fsp3) is 0.333. The maximum atomic E-state index is 10.9. The standard InChI is InChI=1S/C18H21BrO2/c1-12-10-16(21-4)14(11-15(12)19)17(20)18(2,3)13-8-6-5-7-9-13/h5-11,17,20H,1-4H3. The highest BCUT2D eigenvalue weighted by Gasteiger charge is 2.33. The van der Waals surface area contributed by atoms with Crippen LogP contribution >= 0.6 is 15.9 Å². The summed E-state index contributed by atoms with van der Waals surface area (Å²) in [4.78, 5) is 0. The molecule has 2 aromatic carbocycles. The van der Waals surface area contributed by atoms with Gasteiger partial charge in [-0.05, 0) is 30.2 Å². The van der Waals surface area contributed by atoms with E-state index < -0.39 is 11.5 Å². The van der Waals surface area contributed by atoms with Crippen LogP contribution in [-0.2, 0) is 5.41 Å². The lowest BCUT2D eigenvalue weighted by Gasteiger charge is -2.32. The Bertz CT molecular complexity index is 621. The summed E-state index contributed by atoms with van der Waals surface area (Å²) in [6.07, 6.45) is -0.660. The van der Waals surface area contributed by atoms with Crippen molar-refractivity contribution < 1.29 is 9.84 Å². The molecule has 2 nitrogen and oxygen atoms in total. The number of methoxy groups -OCH3 is 1. The van der Waals surface area contributed by atoms with Crippen LogP contribution in [0.15, 0.2) is 46.9 Å². The number of ether oxygens (including phenoxy) is 1. The average molecular weight is 349 g/mol. The molecule has 0 aliphatic rings. The Balaban J connectivity index is 2.49. The van der Waals surface area contributed by atoms with E-state index in [2.05, 4.69) is 15.9 Å². The highest BCUT2D eigenvalue weighted by molar-refractivity contribution is 9.10. The number of aryl methyl sites for hydroxylation is 1. The molecule has 0 heterocycles. The molecule has 0 aliphatic carbocycles. The average Bonchev–Trinajstić information content (AvgIpc) is 2.49. The van der Waals surface area contributed by atoms with Gasteiger partial charge in [-0.25, -0.2) is 0 Å². The molecule has 1 atom stereocenters. The van der Waals surface area contributed by atoms with Crippen molar-refractivity contribution in [3.05, 3.63) is 63.6 Å². The quantitative estimate of drug-likeness (QED) is 0.861. The molecular weight excluding hydrogens is 328 g/mol. The SMILES string of the molecule is COc1cc(C)c(Br)cc1C(O)C(C)(C)c1ccccc1. The lowest BCUT2D eigenvalue weighted by atomic mass is 9.76. The van der Waals surface area contributed by atoms with Crippen LogP contribution in [0.5, 0.6) is 5.75 Å². The van der Waals surface area contributed by atoms with Crippen LogP contribution in [0.3, 0.4) is 0 Å². The molecule has 2 aromatic rings. The first-order valence-electron chi connectivity index (χ1n) is 6.95. The van der Waals surface area contributed by atoms with Crippen LogP contribution in [0.1, 0.15) is 36.6 Å². The monoisotopic (exact) mass is 348 g/mol. The Kier molecular flexibility index (Phi) is 4.74. The zero-order chi connectivity index (χ0) is 15.6. The second kappa shape index (κ2) is 6.20. The Hall–Kier alpha value is -1.32. The minimum absolute atomic E-state index is 0.413. The van der Waals surface area contributed by atoms with Gasteiger partial charge in [-0.3, -0.25) is 0 Å². The fourth-order valence-electron chi connectivity index (χ4n) is 2.48. The van der Waals surface area contributed by atoms with Crippen LogP contribution in [-0.4, -0.2) is 12.2 Å². The van der Waals surface area contributed by atoms with Gasteiger partial charge in [0, 0.05) is 15.5 Å². The second-order valence-electron chi connectivity index (χ2n) is 5.83. The third-order valence-electron chi connectivity index (χ3n) is 4.01. The third-order valence-corrected chi connectivity index (χ3v) is 4.86.